The van der Waals surface area contributed by atoms with Crippen molar-refractivity contribution < 1.29 is 9.84 Å². The number of ether oxygens (including phenoxy) is 1. The summed E-state index contributed by atoms with van der Waals surface area (Å²) in [6.07, 6.45) is 1.45. The lowest BCUT2D eigenvalue weighted by atomic mass is 10.1. The molecular weight excluding hydrogens is 274 g/mol. The smallest absolute Gasteiger partial charge is 0.119 e. The van der Waals surface area contributed by atoms with Gasteiger partial charge in [0.15, 0.2) is 0 Å². The second-order valence-corrected chi connectivity index (χ2v) is 5.41. The molecule has 0 aromatic heterocycles. The van der Waals surface area contributed by atoms with Crippen molar-refractivity contribution >= 4 is 0 Å². The van der Waals surface area contributed by atoms with Crippen molar-refractivity contribution in [3.63, 3.8) is 0 Å². The summed E-state index contributed by atoms with van der Waals surface area (Å²) in [5.74, 6) is 0.822. The Hall–Kier alpha value is -1.84. The fourth-order valence-corrected chi connectivity index (χ4v) is 2.25. The molecule has 2 N–H and O–H groups in total. The zero-order valence-electron chi connectivity index (χ0n) is 13.2. The molecule has 2 aromatic rings. The van der Waals surface area contributed by atoms with Gasteiger partial charge in [-0.05, 0) is 42.6 Å². The van der Waals surface area contributed by atoms with E-state index >= 15 is 0 Å². The first kappa shape index (κ1) is 16.5. The van der Waals surface area contributed by atoms with Gasteiger partial charge in [0.2, 0.25) is 0 Å². The number of aryl methyl sites for hydroxylation is 1. The molecule has 3 nitrogen and oxygen atoms in total. The van der Waals surface area contributed by atoms with Crippen LogP contribution in [-0.4, -0.2) is 30.9 Å². The molecular formula is C19H25NO2. The number of aliphatic hydroxyl groups is 1. The van der Waals surface area contributed by atoms with Crippen LogP contribution >= 0.6 is 0 Å². The lowest BCUT2D eigenvalue weighted by Gasteiger charge is -2.14. The lowest BCUT2D eigenvalue weighted by Crippen LogP contribution is -2.32. The Labute approximate surface area is 133 Å². The van der Waals surface area contributed by atoms with Crippen LogP contribution in [-0.2, 0) is 12.8 Å². The summed E-state index contributed by atoms with van der Waals surface area (Å²) >= 11 is 0. The highest BCUT2D eigenvalue weighted by atomic mass is 16.5. The first-order valence-electron chi connectivity index (χ1n) is 7.92. The molecule has 2 rings (SSSR count). The van der Waals surface area contributed by atoms with Gasteiger partial charge in [-0.15, -0.1) is 0 Å². The van der Waals surface area contributed by atoms with E-state index in [0.717, 1.165) is 25.1 Å². The Balaban J connectivity index is 1.62. The van der Waals surface area contributed by atoms with Gasteiger partial charge in [0, 0.05) is 6.54 Å². The minimum Gasteiger partial charge on any atom is -0.491 e. The summed E-state index contributed by atoms with van der Waals surface area (Å²) in [6.45, 7) is 3.82. The van der Waals surface area contributed by atoms with E-state index < -0.39 is 6.10 Å². The summed E-state index contributed by atoms with van der Waals surface area (Å²) in [5.41, 5.74) is 2.55. The van der Waals surface area contributed by atoms with Crippen molar-refractivity contribution in [3.05, 3.63) is 65.7 Å². The van der Waals surface area contributed by atoms with E-state index in [4.69, 9.17) is 4.74 Å². The second kappa shape index (κ2) is 9.23. The third-order valence-electron chi connectivity index (χ3n) is 3.56. The summed E-state index contributed by atoms with van der Waals surface area (Å²) in [5, 5.41) is 13.2. The molecule has 1 atom stereocenters. The number of hydrogen-bond donors (Lipinski definition) is 2. The molecule has 0 saturated carbocycles. The topological polar surface area (TPSA) is 41.5 Å². The molecule has 0 aliphatic rings. The van der Waals surface area contributed by atoms with Crippen molar-refractivity contribution in [1.82, 2.24) is 5.32 Å². The highest BCUT2D eigenvalue weighted by Crippen LogP contribution is 2.13. The van der Waals surface area contributed by atoms with Crippen LogP contribution in [0.1, 0.15) is 18.1 Å². The van der Waals surface area contributed by atoms with Gasteiger partial charge in [0.1, 0.15) is 18.5 Å². The van der Waals surface area contributed by atoms with E-state index in [0.29, 0.717) is 13.2 Å². The number of benzene rings is 2. The van der Waals surface area contributed by atoms with E-state index in [1.165, 1.54) is 11.1 Å². The summed E-state index contributed by atoms with van der Waals surface area (Å²) < 4.78 is 5.64. The Kier molecular flexibility index (Phi) is 6.94. The molecule has 0 heterocycles. The molecule has 3 heteroatoms. The Morgan fingerprint density at radius 2 is 1.82 bits per heavy atom. The summed E-state index contributed by atoms with van der Waals surface area (Å²) in [6, 6.07) is 18.3. The van der Waals surface area contributed by atoms with Crippen LogP contribution in [0.3, 0.4) is 0 Å². The zero-order valence-corrected chi connectivity index (χ0v) is 13.2. The van der Waals surface area contributed by atoms with E-state index in [1.54, 1.807) is 0 Å². The average Bonchev–Trinajstić information content (AvgIpc) is 2.58. The van der Waals surface area contributed by atoms with E-state index in [9.17, 15) is 5.11 Å². The second-order valence-electron chi connectivity index (χ2n) is 5.41. The maximum atomic E-state index is 9.95. The molecule has 2 aromatic carbocycles. The van der Waals surface area contributed by atoms with Crippen LogP contribution in [0.5, 0.6) is 5.75 Å². The SMILES string of the molecule is CCc1cccc(OC[C@H](O)CNCCc2ccccc2)c1. The van der Waals surface area contributed by atoms with Crippen LogP contribution < -0.4 is 10.1 Å². The lowest BCUT2D eigenvalue weighted by molar-refractivity contribution is 0.106. The van der Waals surface area contributed by atoms with E-state index in [2.05, 4.69) is 30.4 Å². The van der Waals surface area contributed by atoms with Gasteiger partial charge in [0.25, 0.3) is 0 Å². The maximum Gasteiger partial charge on any atom is 0.119 e. The molecule has 118 valence electrons. The minimum atomic E-state index is -0.499. The monoisotopic (exact) mass is 299 g/mol. The molecule has 22 heavy (non-hydrogen) atoms. The number of rotatable bonds is 9. The third-order valence-corrected chi connectivity index (χ3v) is 3.56. The standard InChI is InChI=1S/C19H25NO2/c1-2-16-9-6-10-19(13-16)22-15-18(21)14-20-12-11-17-7-4-3-5-8-17/h3-10,13,18,20-21H,2,11-12,14-15H2,1H3/t18-/m1/s1. The van der Waals surface area contributed by atoms with Gasteiger partial charge in [-0.3, -0.25) is 0 Å². The van der Waals surface area contributed by atoms with Gasteiger partial charge in [-0.25, -0.2) is 0 Å². The molecule has 0 bridgehead atoms. The quantitative estimate of drug-likeness (QED) is 0.700. The summed E-state index contributed by atoms with van der Waals surface area (Å²) in [4.78, 5) is 0. The predicted molar refractivity (Wildman–Crippen MR) is 90.3 cm³/mol. The fraction of sp³-hybridized carbons (Fsp3) is 0.368. The van der Waals surface area contributed by atoms with Crippen molar-refractivity contribution in [2.45, 2.75) is 25.9 Å². The van der Waals surface area contributed by atoms with Gasteiger partial charge in [-0.1, -0.05) is 49.4 Å². The summed E-state index contributed by atoms with van der Waals surface area (Å²) in [7, 11) is 0. The van der Waals surface area contributed by atoms with Crippen LogP contribution in [0.25, 0.3) is 0 Å². The van der Waals surface area contributed by atoms with Crippen molar-refractivity contribution in [1.29, 1.82) is 0 Å². The first-order chi connectivity index (χ1) is 10.8. The van der Waals surface area contributed by atoms with Crippen molar-refractivity contribution in [2.75, 3.05) is 19.7 Å². The van der Waals surface area contributed by atoms with E-state index in [-0.39, 0.29) is 0 Å². The van der Waals surface area contributed by atoms with Gasteiger partial charge >= 0.3 is 0 Å². The molecule has 0 aliphatic carbocycles. The van der Waals surface area contributed by atoms with Gasteiger partial charge in [-0.2, -0.15) is 0 Å². The number of nitrogens with one attached hydrogen (secondary N) is 1. The largest absolute Gasteiger partial charge is 0.491 e. The van der Waals surface area contributed by atoms with Crippen LogP contribution in [0.15, 0.2) is 54.6 Å². The molecule has 0 unspecified atom stereocenters. The molecule has 0 aliphatic heterocycles. The Bertz CT molecular complexity index is 542. The Morgan fingerprint density at radius 3 is 2.59 bits per heavy atom. The molecule has 0 amide bonds. The number of hydrogen-bond acceptors (Lipinski definition) is 3. The first-order valence-corrected chi connectivity index (χ1v) is 7.92. The third kappa shape index (κ3) is 5.88. The van der Waals surface area contributed by atoms with Crippen LogP contribution in [0, 0.1) is 0 Å². The molecule has 0 saturated heterocycles. The van der Waals surface area contributed by atoms with Crippen molar-refractivity contribution in [3.8, 4) is 5.75 Å². The fourth-order valence-electron chi connectivity index (χ4n) is 2.25. The van der Waals surface area contributed by atoms with Crippen LogP contribution in [0.2, 0.25) is 0 Å². The van der Waals surface area contributed by atoms with Crippen molar-refractivity contribution in [2.24, 2.45) is 0 Å². The van der Waals surface area contributed by atoms with Gasteiger partial charge in [0.05, 0.1) is 0 Å². The normalized spacial score (nSPS) is 12.1. The average molecular weight is 299 g/mol. The molecule has 0 radical (unpaired) electrons. The van der Waals surface area contributed by atoms with Crippen LogP contribution in [0.4, 0.5) is 0 Å². The van der Waals surface area contributed by atoms with E-state index in [1.807, 2.05) is 36.4 Å². The van der Waals surface area contributed by atoms with Gasteiger partial charge < -0.3 is 15.2 Å². The zero-order chi connectivity index (χ0) is 15.6. The minimum absolute atomic E-state index is 0.311. The highest BCUT2D eigenvalue weighted by Gasteiger charge is 2.05. The molecule has 0 spiro atoms. The Morgan fingerprint density at radius 1 is 1.05 bits per heavy atom. The maximum absolute atomic E-state index is 9.95. The predicted octanol–water partition coefficient (Wildman–Crippen LogP) is 2.82. The highest BCUT2D eigenvalue weighted by molar-refractivity contribution is 5.28. The molecule has 0 fully saturated rings. The number of aliphatic hydroxyl groups excluding tert-OH is 1.